The third-order valence-corrected chi connectivity index (χ3v) is 3.84. The summed E-state index contributed by atoms with van der Waals surface area (Å²) in [6.45, 7) is 9.05. The summed E-state index contributed by atoms with van der Waals surface area (Å²) in [4.78, 5) is 25.5. The Bertz CT molecular complexity index is 700. The molecule has 0 saturated heterocycles. The molecule has 1 amide bonds. The van der Waals surface area contributed by atoms with E-state index >= 15 is 0 Å². The minimum atomic E-state index is -4.65. The van der Waals surface area contributed by atoms with Gasteiger partial charge >= 0.3 is 18.2 Å². The number of methoxy groups -OCH3 is 1. The summed E-state index contributed by atoms with van der Waals surface area (Å²) in [5.41, 5.74) is -1.59. The molecule has 0 spiro atoms. The first-order valence-electron chi connectivity index (χ1n) is 9.35. The van der Waals surface area contributed by atoms with Gasteiger partial charge in [0.15, 0.2) is 0 Å². The van der Waals surface area contributed by atoms with Crippen molar-refractivity contribution in [1.82, 2.24) is 10.2 Å². The Labute approximate surface area is 169 Å². The van der Waals surface area contributed by atoms with Crippen molar-refractivity contribution in [1.29, 1.82) is 0 Å². The highest BCUT2D eigenvalue weighted by Crippen LogP contribution is 2.33. The molecule has 1 aromatic rings. The van der Waals surface area contributed by atoms with Gasteiger partial charge in [-0.1, -0.05) is 13.0 Å². The number of hydrogen-bond donors (Lipinski definition) is 1. The smallest absolute Gasteiger partial charge is 0.417 e. The number of nitrogens with zero attached hydrogens (tertiary/aromatic N) is 1. The summed E-state index contributed by atoms with van der Waals surface area (Å²) in [6.07, 6.45) is -4.36. The van der Waals surface area contributed by atoms with Gasteiger partial charge in [-0.25, -0.2) is 9.59 Å². The van der Waals surface area contributed by atoms with Crippen LogP contribution in [0, 0.1) is 0 Å². The lowest BCUT2D eigenvalue weighted by molar-refractivity contribution is -0.138. The summed E-state index contributed by atoms with van der Waals surface area (Å²) in [5.74, 6) is -1.03. The van der Waals surface area contributed by atoms with Crippen LogP contribution < -0.4 is 5.32 Å². The minimum Gasteiger partial charge on any atom is -0.465 e. The molecule has 0 aliphatic carbocycles. The lowest BCUT2D eigenvalue weighted by Crippen LogP contribution is -2.38. The van der Waals surface area contributed by atoms with Crippen LogP contribution >= 0.6 is 0 Å². The molecule has 164 valence electrons. The molecule has 0 fully saturated rings. The highest BCUT2D eigenvalue weighted by atomic mass is 19.4. The quantitative estimate of drug-likeness (QED) is 0.640. The first-order chi connectivity index (χ1) is 13.4. The number of benzene rings is 1. The highest BCUT2D eigenvalue weighted by Gasteiger charge is 2.35. The van der Waals surface area contributed by atoms with E-state index in [0.29, 0.717) is 31.7 Å². The molecular formula is C20H29F3N2O4. The van der Waals surface area contributed by atoms with E-state index in [1.165, 1.54) is 12.1 Å². The zero-order chi connectivity index (χ0) is 22.2. The number of carbonyl (C=O) groups is 2. The fourth-order valence-corrected chi connectivity index (χ4v) is 2.69. The topological polar surface area (TPSA) is 67.9 Å². The van der Waals surface area contributed by atoms with Gasteiger partial charge in [-0.15, -0.1) is 0 Å². The third kappa shape index (κ3) is 8.72. The number of esters is 1. The molecule has 0 bridgehead atoms. The van der Waals surface area contributed by atoms with Gasteiger partial charge in [0, 0.05) is 19.6 Å². The predicted molar refractivity (Wildman–Crippen MR) is 103 cm³/mol. The average molecular weight is 418 g/mol. The first-order valence-corrected chi connectivity index (χ1v) is 9.35. The van der Waals surface area contributed by atoms with Crippen LogP contribution in [0.3, 0.4) is 0 Å². The van der Waals surface area contributed by atoms with Crippen LogP contribution in [-0.4, -0.2) is 49.3 Å². The molecule has 0 aromatic heterocycles. The first kappa shape index (κ1) is 24.7. The van der Waals surface area contributed by atoms with Crippen molar-refractivity contribution in [2.24, 2.45) is 0 Å². The Kier molecular flexibility index (Phi) is 8.94. The number of amides is 1. The van der Waals surface area contributed by atoms with Crippen molar-refractivity contribution in [3.63, 3.8) is 0 Å². The number of rotatable bonds is 8. The van der Waals surface area contributed by atoms with Crippen LogP contribution in [-0.2, 0) is 22.2 Å². The van der Waals surface area contributed by atoms with Crippen LogP contribution in [0.1, 0.15) is 55.6 Å². The van der Waals surface area contributed by atoms with Crippen molar-refractivity contribution in [2.75, 3.05) is 26.7 Å². The van der Waals surface area contributed by atoms with Gasteiger partial charge in [0.25, 0.3) is 0 Å². The Morgan fingerprint density at radius 1 is 1.14 bits per heavy atom. The lowest BCUT2D eigenvalue weighted by Gasteiger charge is -2.24. The molecular weight excluding hydrogens is 389 g/mol. The van der Waals surface area contributed by atoms with Crippen molar-refractivity contribution >= 4 is 12.1 Å². The van der Waals surface area contributed by atoms with Gasteiger partial charge in [-0.05, 0) is 51.4 Å². The molecule has 0 saturated carbocycles. The number of alkyl halides is 3. The SMILES string of the molecule is CCCN(CCNC(=O)OC(C)(C)C)Cc1ccc(C(F)(F)F)c(C(=O)OC)c1. The molecule has 29 heavy (non-hydrogen) atoms. The molecule has 0 heterocycles. The third-order valence-electron chi connectivity index (χ3n) is 3.84. The van der Waals surface area contributed by atoms with Gasteiger partial charge in [-0.3, -0.25) is 4.90 Å². The normalized spacial score (nSPS) is 12.0. The van der Waals surface area contributed by atoms with E-state index in [-0.39, 0.29) is 0 Å². The van der Waals surface area contributed by atoms with E-state index in [1.54, 1.807) is 20.8 Å². The standard InChI is InChI=1S/C20H29F3N2O4/c1-6-10-25(11-9-24-18(27)29-19(2,3)4)13-14-7-8-16(20(21,22)23)15(12-14)17(26)28-5/h7-8,12H,6,9-11,13H2,1-5H3,(H,24,27). The Morgan fingerprint density at radius 3 is 2.31 bits per heavy atom. The maximum atomic E-state index is 13.1. The van der Waals surface area contributed by atoms with Crippen LogP contribution in [0.15, 0.2) is 18.2 Å². The molecule has 1 N–H and O–H groups in total. The molecule has 0 atom stereocenters. The Balaban J connectivity index is 2.85. The molecule has 9 heteroatoms. The second-order valence-corrected chi connectivity index (χ2v) is 7.57. The molecule has 0 aliphatic rings. The van der Waals surface area contributed by atoms with Crippen LogP contribution in [0.4, 0.5) is 18.0 Å². The molecule has 0 radical (unpaired) electrons. The van der Waals surface area contributed by atoms with Crippen LogP contribution in [0.25, 0.3) is 0 Å². The van der Waals surface area contributed by atoms with Gasteiger partial charge < -0.3 is 14.8 Å². The maximum Gasteiger partial charge on any atom is 0.417 e. The predicted octanol–water partition coefficient (Wildman–Crippen LogP) is 4.23. The molecule has 0 aliphatic heterocycles. The summed E-state index contributed by atoms with van der Waals surface area (Å²) < 4.78 is 49.1. The zero-order valence-corrected chi connectivity index (χ0v) is 17.5. The minimum absolute atomic E-state index is 0.319. The van der Waals surface area contributed by atoms with Crippen LogP contribution in [0.2, 0.25) is 0 Å². The number of carbonyl (C=O) groups excluding carboxylic acids is 2. The van der Waals surface area contributed by atoms with Gasteiger partial charge in [-0.2, -0.15) is 13.2 Å². The number of halogens is 3. The van der Waals surface area contributed by atoms with Crippen LogP contribution in [0.5, 0.6) is 0 Å². The molecule has 1 aromatic carbocycles. The lowest BCUT2D eigenvalue weighted by atomic mass is 10.0. The summed E-state index contributed by atoms with van der Waals surface area (Å²) in [6, 6.07) is 3.45. The molecule has 1 rings (SSSR count). The van der Waals surface area contributed by atoms with E-state index < -0.39 is 35.0 Å². The fraction of sp³-hybridized carbons (Fsp3) is 0.600. The number of hydrogen-bond acceptors (Lipinski definition) is 5. The second kappa shape index (κ2) is 10.5. The summed E-state index contributed by atoms with van der Waals surface area (Å²) in [5, 5.41) is 2.66. The van der Waals surface area contributed by atoms with E-state index in [2.05, 4.69) is 10.1 Å². The largest absolute Gasteiger partial charge is 0.465 e. The van der Waals surface area contributed by atoms with E-state index in [1.807, 2.05) is 11.8 Å². The zero-order valence-electron chi connectivity index (χ0n) is 17.5. The highest BCUT2D eigenvalue weighted by molar-refractivity contribution is 5.91. The number of nitrogens with one attached hydrogen (secondary N) is 1. The molecule has 6 nitrogen and oxygen atoms in total. The molecule has 0 unspecified atom stereocenters. The summed E-state index contributed by atoms with van der Waals surface area (Å²) in [7, 11) is 1.04. The Hall–Kier alpha value is -2.29. The van der Waals surface area contributed by atoms with E-state index in [4.69, 9.17) is 4.74 Å². The van der Waals surface area contributed by atoms with Gasteiger partial charge in [0.1, 0.15) is 5.60 Å². The van der Waals surface area contributed by atoms with Crippen molar-refractivity contribution < 1.29 is 32.2 Å². The fourth-order valence-electron chi connectivity index (χ4n) is 2.69. The van der Waals surface area contributed by atoms with Crippen molar-refractivity contribution in [3.8, 4) is 0 Å². The maximum absolute atomic E-state index is 13.1. The van der Waals surface area contributed by atoms with Gasteiger partial charge in [0.2, 0.25) is 0 Å². The second-order valence-electron chi connectivity index (χ2n) is 7.57. The number of ether oxygens (including phenoxy) is 2. The average Bonchev–Trinajstić information content (AvgIpc) is 2.58. The summed E-state index contributed by atoms with van der Waals surface area (Å²) >= 11 is 0. The Morgan fingerprint density at radius 2 is 1.79 bits per heavy atom. The van der Waals surface area contributed by atoms with Gasteiger partial charge in [0.05, 0.1) is 18.2 Å². The monoisotopic (exact) mass is 418 g/mol. The van der Waals surface area contributed by atoms with E-state index in [0.717, 1.165) is 19.6 Å². The number of alkyl carbamates (subject to hydrolysis) is 1. The van der Waals surface area contributed by atoms with E-state index in [9.17, 15) is 22.8 Å². The van der Waals surface area contributed by atoms with Crippen molar-refractivity contribution in [3.05, 3.63) is 34.9 Å². The van der Waals surface area contributed by atoms with Crippen molar-refractivity contribution in [2.45, 2.75) is 52.4 Å².